The van der Waals surface area contributed by atoms with E-state index in [4.69, 9.17) is 16.3 Å². The SMILES string of the molecule is COC(=O)c1sc2ccccc2c1S(=O)(=O)Nc1cccc(Cl)c1C. The molecule has 1 aromatic heterocycles. The number of nitrogens with one attached hydrogen (secondary N) is 1. The summed E-state index contributed by atoms with van der Waals surface area (Å²) in [6.07, 6.45) is 0. The maximum atomic E-state index is 13.0. The molecule has 0 aliphatic rings. The largest absolute Gasteiger partial charge is 0.465 e. The Morgan fingerprint density at radius 3 is 2.60 bits per heavy atom. The number of ether oxygens (including phenoxy) is 1. The monoisotopic (exact) mass is 395 g/mol. The van der Waals surface area contributed by atoms with Crippen molar-refractivity contribution in [3.8, 4) is 0 Å². The van der Waals surface area contributed by atoms with E-state index < -0.39 is 16.0 Å². The van der Waals surface area contributed by atoms with Crippen molar-refractivity contribution in [2.75, 3.05) is 11.8 Å². The number of anilines is 1. The number of thiophene rings is 1. The van der Waals surface area contributed by atoms with Gasteiger partial charge in [-0.15, -0.1) is 11.3 Å². The molecular weight excluding hydrogens is 382 g/mol. The molecule has 25 heavy (non-hydrogen) atoms. The zero-order chi connectivity index (χ0) is 18.2. The van der Waals surface area contributed by atoms with Crippen LogP contribution in [-0.2, 0) is 14.8 Å². The maximum Gasteiger partial charge on any atom is 0.349 e. The van der Waals surface area contributed by atoms with Gasteiger partial charge in [-0.1, -0.05) is 35.9 Å². The molecule has 0 aliphatic carbocycles. The number of hydrogen-bond donors (Lipinski definition) is 1. The first-order chi connectivity index (χ1) is 11.8. The smallest absolute Gasteiger partial charge is 0.349 e. The van der Waals surface area contributed by atoms with E-state index in [0.29, 0.717) is 26.4 Å². The fourth-order valence-corrected chi connectivity index (χ4v) is 5.55. The van der Waals surface area contributed by atoms with Crippen LogP contribution in [-0.4, -0.2) is 21.5 Å². The molecule has 0 unspecified atom stereocenters. The first-order valence-electron chi connectivity index (χ1n) is 7.23. The van der Waals surface area contributed by atoms with E-state index in [0.717, 1.165) is 11.3 Å². The Hall–Kier alpha value is -2.09. The predicted molar refractivity (Wildman–Crippen MR) is 100 cm³/mol. The molecule has 0 aliphatic heterocycles. The number of methoxy groups -OCH3 is 1. The van der Waals surface area contributed by atoms with Crippen LogP contribution in [0.2, 0.25) is 5.02 Å². The van der Waals surface area contributed by atoms with Gasteiger partial charge in [0.2, 0.25) is 0 Å². The lowest BCUT2D eigenvalue weighted by molar-refractivity contribution is 0.0602. The van der Waals surface area contributed by atoms with Crippen LogP contribution in [0.15, 0.2) is 47.4 Å². The van der Waals surface area contributed by atoms with Gasteiger partial charge in [-0.2, -0.15) is 0 Å². The molecule has 0 saturated carbocycles. The van der Waals surface area contributed by atoms with Crippen molar-refractivity contribution in [2.45, 2.75) is 11.8 Å². The number of carbonyl (C=O) groups excluding carboxylic acids is 1. The highest BCUT2D eigenvalue weighted by Crippen LogP contribution is 2.36. The van der Waals surface area contributed by atoms with Crippen LogP contribution < -0.4 is 4.72 Å². The highest BCUT2D eigenvalue weighted by molar-refractivity contribution is 7.93. The van der Waals surface area contributed by atoms with Crippen LogP contribution in [0.4, 0.5) is 5.69 Å². The molecule has 3 rings (SSSR count). The van der Waals surface area contributed by atoms with Crippen molar-refractivity contribution in [2.24, 2.45) is 0 Å². The molecule has 0 radical (unpaired) electrons. The molecule has 0 saturated heterocycles. The second-order valence-corrected chi connectivity index (χ2v) is 8.34. The number of carbonyl (C=O) groups is 1. The van der Waals surface area contributed by atoms with Crippen LogP contribution >= 0.6 is 22.9 Å². The summed E-state index contributed by atoms with van der Waals surface area (Å²) in [6, 6.07) is 11.9. The summed E-state index contributed by atoms with van der Waals surface area (Å²) in [5.41, 5.74) is 0.963. The van der Waals surface area contributed by atoms with Crippen LogP contribution in [0.5, 0.6) is 0 Å². The third-order valence-electron chi connectivity index (χ3n) is 3.70. The molecule has 1 N–H and O–H groups in total. The van der Waals surface area contributed by atoms with Crippen LogP contribution in [0.3, 0.4) is 0 Å². The lowest BCUT2D eigenvalue weighted by atomic mass is 10.2. The topological polar surface area (TPSA) is 72.5 Å². The molecule has 8 heteroatoms. The van der Waals surface area contributed by atoms with Crippen molar-refractivity contribution < 1.29 is 17.9 Å². The fraction of sp³-hybridized carbons (Fsp3) is 0.118. The summed E-state index contributed by atoms with van der Waals surface area (Å²) >= 11 is 7.14. The first kappa shape index (κ1) is 17.7. The minimum Gasteiger partial charge on any atom is -0.465 e. The Morgan fingerprint density at radius 2 is 1.88 bits per heavy atom. The minimum atomic E-state index is -4.02. The molecule has 3 aromatic rings. The number of fused-ring (bicyclic) bond motifs is 1. The van der Waals surface area contributed by atoms with Gasteiger partial charge in [0.1, 0.15) is 9.77 Å². The van der Waals surface area contributed by atoms with E-state index >= 15 is 0 Å². The Balaban J connectivity index is 2.20. The van der Waals surface area contributed by atoms with Crippen LogP contribution in [0.1, 0.15) is 15.2 Å². The summed E-state index contributed by atoms with van der Waals surface area (Å²) in [6.45, 7) is 1.72. The molecule has 5 nitrogen and oxygen atoms in total. The first-order valence-corrected chi connectivity index (χ1v) is 9.90. The van der Waals surface area contributed by atoms with E-state index in [1.54, 1.807) is 49.4 Å². The number of benzene rings is 2. The zero-order valence-electron chi connectivity index (χ0n) is 13.4. The summed E-state index contributed by atoms with van der Waals surface area (Å²) in [5, 5.41) is 0.920. The van der Waals surface area contributed by atoms with Crippen molar-refractivity contribution in [1.29, 1.82) is 0 Å². The Kier molecular flexibility index (Phi) is 4.73. The molecule has 0 atom stereocenters. The van der Waals surface area contributed by atoms with Crippen molar-refractivity contribution >= 4 is 54.7 Å². The Labute approximate surface area is 154 Å². The number of hydrogen-bond acceptors (Lipinski definition) is 5. The average molecular weight is 396 g/mol. The van der Waals surface area contributed by atoms with Gasteiger partial charge in [0.25, 0.3) is 10.0 Å². The lowest BCUT2D eigenvalue weighted by Crippen LogP contribution is -2.16. The predicted octanol–water partition coefficient (Wildman–Crippen LogP) is 4.45. The van der Waals surface area contributed by atoms with Gasteiger partial charge in [0.15, 0.2) is 0 Å². The van der Waals surface area contributed by atoms with Gasteiger partial charge in [-0.25, -0.2) is 13.2 Å². The number of halogens is 1. The quantitative estimate of drug-likeness (QED) is 0.662. The molecular formula is C17H14ClNO4S2. The normalized spacial score (nSPS) is 11.5. The molecule has 0 bridgehead atoms. The molecule has 0 spiro atoms. The summed E-state index contributed by atoms with van der Waals surface area (Å²) in [4.78, 5) is 12.1. The van der Waals surface area contributed by atoms with Gasteiger partial charge in [0.05, 0.1) is 12.8 Å². The van der Waals surface area contributed by atoms with Crippen LogP contribution in [0, 0.1) is 6.92 Å². The third kappa shape index (κ3) is 3.22. The molecule has 2 aromatic carbocycles. The van der Waals surface area contributed by atoms with Gasteiger partial charge in [0, 0.05) is 15.1 Å². The van der Waals surface area contributed by atoms with Crippen molar-refractivity contribution in [3.05, 3.63) is 57.9 Å². The second-order valence-electron chi connectivity index (χ2n) is 5.27. The number of rotatable bonds is 4. The lowest BCUT2D eigenvalue weighted by Gasteiger charge is -2.12. The Morgan fingerprint density at radius 1 is 1.16 bits per heavy atom. The summed E-state index contributed by atoms with van der Waals surface area (Å²) in [5.74, 6) is -0.690. The maximum absolute atomic E-state index is 13.0. The third-order valence-corrected chi connectivity index (χ3v) is 6.84. The van der Waals surface area contributed by atoms with E-state index in [-0.39, 0.29) is 9.77 Å². The number of sulfonamides is 1. The van der Waals surface area contributed by atoms with E-state index in [1.165, 1.54) is 7.11 Å². The highest BCUT2D eigenvalue weighted by Gasteiger charge is 2.29. The fourth-order valence-electron chi connectivity index (χ4n) is 2.43. The van der Waals surface area contributed by atoms with Gasteiger partial charge in [-0.3, -0.25) is 4.72 Å². The second kappa shape index (κ2) is 6.67. The average Bonchev–Trinajstić information content (AvgIpc) is 2.98. The Bertz CT molecular complexity index is 1070. The number of esters is 1. The zero-order valence-corrected chi connectivity index (χ0v) is 15.8. The highest BCUT2D eigenvalue weighted by atomic mass is 35.5. The summed E-state index contributed by atoms with van der Waals surface area (Å²) < 4.78 is 34.0. The van der Waals surface area contributed by atoms with E-state index in [1.807, 2.05) is 0 Å². The standard InChI is InChI=1S/C17H14ClNO4S2/c1-10-12(18)7-5-8-13(10)19-25(21,22)16-11-6-3-4-9-14(11)24-15(16)17(20)23-2/h3-9,19H,1-2H3. The molecule has 130 valence electrons. The van der Waals surface area contributed by atoms with Gasteiger partial charge < -0.3 is 4.74 Å². The van der Waals surface area contributed by atoms with E-state index in [9.17, 15) is 13.2 Å². The van der Waals surface area contributed by atoms with Crippen LogP contribution in [0.25, 0.3) is 10.1 Å². The molecule has 1 heterocycles. The van der Waals surface area contributed by atoms with Crippen molar-refractivity contribution in [1.82, 2.24) is 0 Å². The minimum absolute atomic E-state index is 0.0379. The van der Waals surface area contributed by atoms with Crippen molar-refractivity contribution in [3.63, 3.8) is 0 Å². The van der Waals surface area contributed by atoms with Gasteiger partial charge in [-0.05, 0) is 30.7 Å². The summed E-state index contributed by atoms with van der Waals surface area (Å²) in [7, 11) is -2.80. The molecule has 0 amide bonds. The van der Waals surface area contributed by atoms with E-state index in [2.05, 4.69) is 4.72 Å². The van der Waals surface area contributed by atoms with Gasteiger partial charge >= 0.3 is 5.97 Å². The molecule has 0 fully saturated rings.